The number of hydrogen-bond donors (Lipinski definition) is 1. The highest BCUT2D eigenvalue weighted by Gasteiger charge is 2.45. The SMILES string of the molecule is CC=CCC(O)C(C)C1OC1c1ccccc1. The number of ether oxygens (including phenoxy) is 1. The van der Waals surface area contributed by atoms with E-state index in [0.717, 1.165) is 0 Å². The Morgan fingerprint density at radius 1 is 1.35 bits per heavy atom. The third-order valence-electron chi connectivity index (χ3n) is 3.39. The van der Waals surface area contributed by atoms with Gasteiger partial charge in [0.1, 0.15) is 6.10 Å². The number of rotatable bonds is 5. The fraction of sp³-hybridized carbons (Fsp3) is 0.467. The maximum absolute atomic E-state index is 9.99. The molecule has 1 N–H and O–H groups in total. The Balaban J connectivity index is 1.90. The molecule has 1 aliphatic heterocycles. The first-order valence-corrected chi connectivity index (χ1v) is 6.23. The molecular weight excluding hydrogens is 212 g/mol. The molecule has 1 fully saturated rings. The maximum atomic E-state index is 9.99. The summed E-state index contributed by atoms with van der Waals surface area (Å²) in [6.45, 7) is 4.03. The van der Waals surface area contributed by atoms with E-state index in [1.54, 1.807) is 0 Å². The average molecular weight is 232 g/mol. The molecule has 0 amide bonds. The minimum atomic E-state index is -0.315. The molecule has 1 saturated heterocycles. The summed E-state index contributed by atoms with van der Waals surface area (Å²) in [5.41, 5.74) is 1.21. The van der Waals surface area contributed by atoms with Gasteiger partial charge in [0.25, 0.3) is 0 Å². The highest BCUT2D eigenvalue weighted by molar-refractivity contribution is 5.22. The maximum Gasteiger partial charge on any atom is 0.110 e. The van der Waals surface area contributed by atoms with Gasteiger partial charge in [0.05, 0.1) is 12.2 Å². The molecule has 4 atom stereocenters. The molecule has 0 bridgehead atoms. The van der Waals surface area contributed by atoms with E-state index < -0.39 is 0 Å². The van der Waals surface area contributed by atoms with Gasteiger partial charge in [0.2, 0.25) is 0 Å². The molecule has 0 saturated carbocycles. The molecule has 1 aromatic carbocycles. The summed E-state index contributed by atoms with van der Waals surface area (Å²) in [5.74, 6) is 0.177. The van der Waals surface area contributed by atoms with Crippen molar-refractivity contribution in [3.8, 4) is 0 Å². The van der Waals surface area contributed by atoms with Crippen LogP contribution < -0.4 is 0 Å². The molecule has 0 aromatic heterocycles. The van der Waals surface area contributed by atoms with E-state index in [0.29, 0.717) is 6.42 Å². The Labute approximate surface area is 103 Å². The van der Waals surface area contributed by atoms with Crippen LogP contribution in [0, 0.1) is 5.92 Å². The number of aliphatic hydroxyl groups excluding tert-OH is 1. The van der Waals surface area contributed by atoms with E-state index in [9.17, 15) is 5.11 Å². The van der Waals surface area contributed by atoms with Crippen LogP contribution >= 0.6 is 0 Å². The molecular formula is C15H20O2. The van der Waals surface area contributed by atoms with Gasteiger partial charge in [-0.05, 0) is 18.9 Å². The van der Waals surface area contributed by atoms with E-state index in [-0.39, 0.29) is 24.2 Å². The van der Waals surface area contributed by atoms with Gasteiger partial charge in [-0.15, -0.1) is 0 Å². The zero-order chi connectivity index (χ0) is 12.3. The van der Waals surface area contributed by atoms with Crippen molar-refractivity contribution in [1.29, 1.82) is 0 Å². The number of hydrogen-bond acceptors (Lipinski definition) is 2. The van der Waals surface area contributed by atoms with Gasteiger partial charge in [0.15, 0.2) is 0 Å². The number of benzene rings is 1. The topological polar surface area (TPSA) is 32.8 Å². The van der Waals surface area contributed by atoms with Crippen molar-refractivity contribution in [2.75, 3.05) is 0 Å². The van der Waals surface area contributed by atoms with Crippen LogP contribution in [0.15, 0.2) is 42.5 Å². The van der Waals surface area contributed by atoms with Crippen LogP contribution in [0.4, 0.5) is 0 Å². The third-order valence-corrected chi connectivity index (χ3v) is 3.39. The zero-order valence-electron chi connectivity index (χ0n) is 10.4. The number of allylic oxidation sites excluding steroid dienone is 1. The Hall–Kier alpha value is -1.12. The summed E-state index contributed by atoms with van der Waals surface area (Å²) >= 11 is 0. The lowest BCUT2D eigenvalue weighted by Crippen LogP contribution is -2.22. The van der Waals surface area contributed by atoms with E-state index in [1.165, 1.54) is 5.56 Å². The molecule has 17 heavy (non-hydrogen) atoms. The van der Waals surface area contributed by atoms with Gasteiger partial charge < -0.3 is 9.84 Å². The number of epoxide rings is 1. The Morgan fingerprint density at radius 2 is 2.06 bits per heavy atom. The molecule has 1 aliphatic rings. The highest BCUT2D eigenvalue weighted by atomic mass is 16.6. The summed E-state index contributed by atoms with van der Waals surface area (Å²) in [5, 5.41) is 9.99. The lowest BCUT2D eigenvalue weighted by Gasteiger charge is -2.15. The molecule has 4 unspecified atom stereocenters. The van der Waals surface area contributed by atoms with Gasteiger partial charge >= 0.3 is 0 Å². The van der Waals surface area contributed by atoms with Gasteiger partial charge in [-0.1, -0.05) is 49.4 Å². The highest BCUT2D eigenvalue weighted by Crippen LogP contribution is 2.44. The second-order valence-corrected chi connectivity index (χ2v) is 4.66. The lowest BCUT2D eigenvalue weighted by molar-refractivity contribution is 0.101. The summed E-state index contributed by atoms with van der Waals surface area (Å²) in [7, 11) is 0. The quantitative estimate of drug-likeness (QED) is 0.625. The minimum absolute atomic E-state index is 0.164. The van der Waals surface area contributed by atoms with Crippen LogP contribution in [0.5, 0.6) is 0 Å². The first-order chi connectivity index (χ1) is 8.24. The smallest absolute Gasteiger partial charge is 0.110 e. The Bertz CT molecular complexity index is 372. The third kappa shape index (κ3) is 2.96. The van der Waals surface area contributed by atoms with Gasteiger partial charge in [-0.25, -0.2) is 0 Å². The van der Waals surface area contributed by atoms with Crippen molar-refractivity contribution in [3.63, 3.8) is 0 Å². The van der Waals surface area contributed by atoms with Crippen LogP contribution in [0.1, 0.15) is 31.9 Å². The summed E-state index contributed by atoms with van der Waals surface area (Å²) < 4.78 is 5.68. The number of aliphatic hydroxyl groups is 1. The monoisotopic (exact) mass is 232 g/mol. The molecule has 0 aliphatic carbocycles. The van der Waals surface area contributed by atoms with E-state index in [2.05, 4.69) is 19.1 Å². The van der Waals surface area contributed by atoms with Crippen LogP contribution in [0.25, 0.3) is 0 Å². The average Bonchev–Trinajstić information content (AvgIpc) is 3.16. The fourth-order valence-corrected chi connectivity index (χ4v) is 2.14. The van der Waals surface area contributed by atoms with Crippen molar-refractivity contribution in [1.82, 2.24) is 0 Å². The predicted molar refractivity (Wildman–Crippen MR) is 68.7 cm³/mol. The summed E-state index contributed by atoms with van der Waals surface area (Å²) in [6, 6.07) is 10.2. The fourth-order valence-electron chi connectivity index (χ4n) is 2.14. The Morgan fingerprint density at radius 3 is 2.71 bits per heavy atom. The van der Waals surface area contributed by atoms with Crippen molar-refractivity contribution in [3.05, 3.63) is 48.0 Å². The first kappa shape index (κ1) is 12.3. The van der Waals surface area contributed by atoms with Crippen molar-refractivity contribution in [2.24, 2.45) is 5.92 Å². The molecule has 2 nitrogen and oxygen atoms in total. The predicted octanol–water partition coefficient (Wildman–Crippen LogP) is 3.09. The van der Waals surface area contributed by atoms with E-state index in [1.807, 2.05) is 37.3 Å². The van der Waals surface area contributed by atoms with Crippen molar-refractivity contribution >= 4 is 0 Å². The molecule has 1 heterocycles. The second kappa shape index (κ2) is 5.48. The zero-order valence-corrected chi connectivity index (χ0v) is 10.4. The first-order valence-electron chi connectivity index (χ1n) is 6.23. The summed E-state index contributed by atoms with van der Waals surface area (Å²) in [4.78, 5) is 0. The second-order valence-electron chi connectivity index (χ2n) is 4.66. The van der Waals surface area contributed by atoms with Gasteiger partial charge in [-0.2, -0.15) is 0 Å². The van der Waals surface area contributed by atoms with E-state index >= 15 is 0 Å². The largest absolute Gasteiger partial charge is 0.392 e. The van der Waals surface area contributed by atoms with Crippen molar-refractivity contribution < 1.29 is 9.84 Å². The normalized spacial score (nSPS) is 27.0. The van der Waals surface area contributed by atoms with Gasteiger partial charge in [-0.3, -0.25) is 0 Å². The molecule has 92 valence electrons. The Kier molecular flexibility index (Phi) is 3.97. The summed E-state index contributed by atoms with van der Waals surface area (Å²) in [6.07, 6.45) is 4.70. The van der Waals surface area contributed by atoms with Crippen LogP contribution in [0.2, 0.25) is 0 Å². The lowest BCUT2D eigenvalue weighted by atomic mass is 9.94. The van der Waals surface area contributed by atoms with Crippen molar-refractivity contribution in [2.45, 2.75) is 38.6 Å². The molecule has 0 radical (unpaired) electrons. The van der Waals surface area contributed by atoms with E-state index in [4.69, 9.17) is 4.74 Å². The van der Waals surface area contributed by atoms with Gasteiger partial charge in [0, 0.05) is 5.92 Å². The molecule has 0 spiro atoms. The molecule has 1 aromatic rings. The minimum Gasteiger partial charge on any atom is -0.392 e. The van der Waals surface area contributed by atoms with Crippen LogP contribution in [-0.2, 0) is 4.74 Å². The van der Waals surface area contributed by atoms with Crippen LogP contribution in [0.3, 0.4) is 0 Å². The molecule has 2 rings (SSSR count). The van der Waals surface area contributed by atoms with Crippen LogP contribution in [-0.4, -0.2) is 17.3 Å². The standard InChI is InChI=1S/C15H20O2/c1-3-4-10-13(16)11(2)14-15(17-14)12-8-6-5-7-9-12/h3-9,11,13-16H,10H2,1-2H3. The molecule has 2 heteroatoms.